The highest BCUT2D eigenvalue weighted by Crippen LogP contribution is 2.43. The second-order valence-electron chi connectivity index (χ2n) is 17.0. The SMILES string of the molecule is O=C(O)c1ccc(N(c2ccc(C(=O)O)cc2)c2ccc(N(c3ccc(N(c4ccc(C(=O)O)cc4)c4ccc(C(=O)O)cc4)cc3)c3ccc(N(c4ccc(C(=O)O)cc4)c4ccc(C(=O)O)cc4)cc3)cc2)cc1. The van der Waals surface area contributed by atoms with E-state index in [1.54, 1.807) is 72.8 Å². The second-order valence-corrected chi connectivity index (χ2v) is 17.0. The number of anilines is 12. The van der Waals surface area contributed by atoms with Crippen molar-refractivity contribution in [3.63, 3.8) is 0 Å². The molecular weight excluding hydrogens is 969 g/mol. The molecule has 374 valence electrons. The molecule has 0 aromatic heterocycles. The Morgan fingerprint density at radius 3 is 0.329 bits per heavy atom. The molecule has 76 heavy (non-hydrogen) atoms. The van der Waals surface area contributed by atoms with Crippen LogP contribution < -0.4 is 19.6 Å². The third-order valence-electron chi connectivity index (χ3n) is 12.3. The van der Waals surface area contributed by atoms with Gasteiger partial charge in [0.2, 0.25) is 0 Å². The highest BCUT2D eigenvalue weighted by molar-refractivity contribution is 5.94. The third kappa shape index (κ3) is 10.6. The van der Waals surface area contributed by atoms with Crippen LogP contribution in [0.3, 0.4) is 0 Å². The zero-order chi connectivity index (χ0) is 53.6. The Labute approximate surface area is 433 Å². The fourth-order valence-electron chi connectivity index (χ4n) is 8.56. The molecule has 0 aliphatic carbocycles. The predicted octanol–water partition coefficient (Wildman–Crippen LogP) is 13.8. The van der Waals surface area contributed by atoms with Gasteiger partial charge in [-0.15, -0.1) is 0 Å². The van der Waals surface area contributed by atoms with E-state index in [-0.39, 0.29) is 33.4 Å². The molecule has 9 rings (SSSR count). The maximum Gasteiger partial charge on any atom is 0.335 e. The van der Waals surface area contributed by atoms with Gasteiger partial charge in [-0.3, -0.25) is 0 Å². The fourth-order valence-corrected chi connectivity index (χ4v) is 8.56. The van der Waals surface area contributed by atoms with Gasteiger partial charge in [-0.25, -0.2) is 28.8 Å². The van der Waals surface area contributed by atoms with Crippen LogP contribution in [-0.2, 0) is 0 Å². The average Bonchev–Trinajstić information content (AvgIpc) is 3.44. The van der Waals surface area contributed by atoms with Gasteiger partial charge >= 0.3 is 35.8 Å². The molecule has 0 aliphatic rings. The molecule has 6 N–H and O–H groups in total. The Morgan fingerprint density at radius 2 is 0.250 bits per heavy atom. The van der Waals surface area contributed by atoms with E-state index in [1.807, 2.05) is 92.4 Å². The van der Waals surface area contributed by atoms with Crippen molar-refractivity contribution in [2.75, 3.05) is 19.6 Å². The smallest absolute Gasteiger partial charge is 0.335 e. The average molecular weight is 1010 g/mol. The lowest BCUT2D eigenvalue weighted by atomic mass is 10.1. The Morgan fingerprint density at radius 1 is 0.171 bits per heavy atom. The Hall–Kier alpha value is -11.0. The van der Waals surface area contributed by atoms with Gasteiger partial charge in [-0.1, -0.05) is 0 Å². The van der Waals surface area contributed by atoms with Gasteiger partial charge in [-0.2, -0.15) is 0 Å². The standard InChI is InChI=1S/C60H42N4O12/c65-55(66)37-1-13-43(14-2-37)61(44-15-3-38(4-16-44)56(67)68)49-25-31-52(32-26-49)64(53-33-27-50(28-34-53)62(45-17-5-39(6-18-45)57(69)70)46-19-7-40(8-20-46)58(71)72)54-35-29-51(30-36-54)63(47-21-9-41(10-22-47)59(73)74)48-23-11-42(12-24-48)60(75)76/h1-36H,(H,65,66)(H,67,68)(H,69,70)(H,71,72)(H,73,74)(H,75,76). The van der Waals surface area contributed by atoms with Gasteiger partial charge in [-0.05, 0) is 218 Å². The number of benzene rings is 9. The maximum atomic E-state index is 11.8. The number of carboxylic acid groups (broad SMARTS) is 6. The minimum Gasteiger partial charge on any atom is -0.478 e. The summed E-state index contributed by atoms with van der Waals surface area (Å²) in [5.41, 5.74) is 8.09. The van der Waals surface area contributed by atoms with Crippen molar-refractivity contribution in [2.24, 2.45) is 0 Å². The first kappa shape index (κ1) is 50.0. The van der Waals surface area contributed by atoms with Crippen molar-refractivity contribution in [3.05, 3.63) is 252 Å². The monoisotopic (exact) mass is 1010 g/mol. The molecule has 9 aromatic rings. The topological polar surface area (TPSA) is 237 Å². The summed E-state index contributed by atoms with van der Waals surface area (Å²) in [5, 5.41) is 57.9. The maximum absolute atomic E-state index is 11.8. The molecule has 0 fully saturated rings. The van der Waals surface area contributed by atoms with Gasteiger partial charge in [0.25, 0.3) is 0 Å². The second kappa shape index (κ2) is 21.4. The van der Waals surface area contributed by atoms with E-state index in [9.17, 15) is 59.4 Å². The lowest BCUT2D eigenvalue weighted by Crippen LogP contribution is -2.14. The molecule has 0 saturated carbocycles. The number of nitrogens with zero attached hydrogens (tertiary/aromatic N) is 4. The van der Waals surface area contributed by atoms with E-state index in [0.717, 1.165) is 0 Å². The van der Waals surface area contributed by atoms with Crippen molar-refractivity contribution in [2.45, 2.75) is 0 Å². The highest BCUT2D eigenvalue weighted by Gasteiger charge is 2.21. The number of rotatable bonds is 18. The lowest BCUT2D eigenvalue weighted by Gasteiger charge is -2.30. The van der Waals surface area contributed by atoms with Crippen LogP contribution in [0.25, 0.3) is 0 Å². The van der Waals surface area contributed by atoms with Crippen LogP contribution in [0, 0.1) is 0 Å². The van der Waals surface area contributed by atoms with E-state index in [2.05, 4.69) is 0 Å². The largest absolute Gasteiger partial charge is 0.478 e. The summed E-state index contributed by atoms with van der Waals surface area (Å²) in [6, 6.07) is 60.2. The normalized spacial score (nSPS) is 10.7. The number of hydrogen-bond donors (Lipinski definition) is 6. The Kier molecular flexibility index (Phi) is 14.1. The molecule has 16 nitrogen and oxygen atoms in total. The van der Waals surface area contributed by atoms with E-state index < -0.39 is 35.8 Å². The van der Waals surface area contributed by atoms with Crippen molar-refractivity contribution in [3.8, 4) is 0 Å². The summed E-state index contributed by atoms with van der Waals surface area (Å²) < 4.78 is 0. The number of carboxylic acids is 6. The molecule has 16 heteroatoms. The third-order valence-corrected chi connectivity index (χ3v) is 12.3. The minimum atomic E-state index is -1.09. The van der Waals surface area contributed by atoms with Gasteiger partial charge in [0.1, 0.15) is 0 Å². The molecule has 0 radical (unpaired) electrons. The quantitative estimate of drug-likeness (QED) is 0.0469. The molecule has 0 spiro atoms. The van der Waals surface area contributed by atoms with E-state index in [0.29, 0.717) is 68.2 Å². The Balaban J connectivity index is 1.16. The van der Waals surface area contributed by atoms with E-state index in [1.165, 1.54) is 72.8 Å². The molecule has 0 saturated heterocycles. The van der Waals surface area contributed by atoms with Crippen LogP contribution in [0.1, 0.15) is 62.1 Å². The highest BCUT2D eigenvalue weighted by atomic mass is 16.4. The Bertz CT molecular complexity index is 3050. The van der Waals surface area contributed by atoms with E-state index >= 15 is 0 Å². The summed E-state index contributed by atoms with van der Waals surface area (Å²) in [4.78, 5) is 78.4. The zero-order valence-electron chi connectivity index (χ0n) is 39.7. The lowest BCUT2D eigenvalue weighted by molar-refractivity contribution is 0.0686. The van der Waals surface area contributed by atoms with Crippen LogP contribution in [0.15, 0.2) is 218 Å². The van der Waals surface area contributed by atoms with E-state index in [4.69, 9.17) is 0 Å². The van der Waals surface area contributed by atoms with Gasteiger partial charge < -0.3 is 50.2 Å². The molecule has 0 atom stereocenters. The minimum absolute atomic E-state index is 0.0820. The van der Waals surface area contributed by atoms with Gasteiger partial charge in [0, 0.05) is 68.2 Å². The van der Waals surface area contributed by atoms with Crippen LogP contribution in [0.4, 0.5) is 68.2 Å². The first-order valence-electron chi connectivity index (χ1n) is 23.1. The van der Waals surface area contributed by atoms with Crippen LogP contribution in [0.2, 0.25) is 0 Å². The number of hydrogen-bond acceptors (Lipinski definition) is 10. The first-order chi connectivity index (χ1) is 36.6. The van der Waals surface area contributed by atoms with Crippen LogP contribution in [0.5, 0.6) is 0 Å². The molecule has 0 unspecified atom stereocenters. The predicted molar refractivity (Wildman–Crippen MR) is 287 cm³/mol. The first-order valence-corrected chi connectivity index (χ1v) is 23.1. The summed E-state index contributed by atoms with van der Waals surface area (Å²) in [7, 11) is 0. The van der Waals surface area contributed by atoms with Crippen molar-refractivity contribution in [1.82, 2.24) is 0 Å². The number of aromatic carboxylic acids is 6. The summed E-state index contributed by atoms with van der Waals surface area (Å²) in [5.74, 6) is -6.57. The molecule has 0 heterocycles. The van der Waals surface area contributed by atoms with Gasteiger partial charge in [0.05, 0.1) is 33.4 Å². The number of carbonyl (C=O) groups is 6. The van der Waals surface area contributed by atoms with Crippen LogP contribution >= 0.6 is 0 Å². The van der Waals surface area contributed by atoms with Crippen LogP contribution in [-0.4, -0.2) is 66.5 Å². The molecule has 0 bridgehead atoms. The molecule has 0 amide bonds. The fraction of sp³-hybridized carbons (Fsp3) is 0. The molecular formula is C60H42N4O12. The summed E-state index contributed by atoms with van der Waals surface area (Å²) in [6.07, 6.45) is 0. The molecule has 9 aromatic carbocycles. The van der Waals surface area contributed by atoms with Gasteiger partial charge in [0.15, 0.2) is 0 Å². The zero-order valence-corrected chi connectivity index (χ0v) is 39.7. The summed E-state index contributed by atoms with van der Waals surface area (Å²) in [6.45, 7) is 0. The summed E-state index contributed by atoms with van der Waals surface area (Å²) >= 11 is 0. The van der Waals surface area contributed by atoms with Crippen molar-refractivity contribution in [1.29, 1.82) is 0 Å². The van der Waals surface area contributed by atoms with Crippen molar-refractivity contribution >= 4 is 104 Å². The van der Waals surface area contributed by atoms with Crippen molar-refractivity contribution < 1.29 is 59.4 Å². The molecule has 0 aliphatic heterocycles.